The van der Waals surface area contributed by atoms with Crippen LogP contribution in [0.3, 0.4) is 0 Å². The van der Waals surface area contributed by atoms with E-state index in [-0.39, 0.29) is 32.6 Å². The summed E-state index contributed by atoms with van der Waals surface area (Å²) < 4.78 is 36.3. The average molecular weight is 431 g/mol. The van der Waals surface area contributed by atoms with Gasteiger partial charge in [0.25, 0.3) is 11.1 Å². The largest absolute Gasteiger partial charge is 0.387 e. The molecule has 2 aliphatic rings. The molecular formula is C15H22N5O8P. The molecule has 2 saturated heterocycles. The van der Waals surface area contributed by atoms with Gasteiger partial charge in [-0.05, 0) is 19.4 Å². The number of nitrogens with one attached hydrogen (secondary N) is 1. The topological polar surface area (TPSA) is 178 Å². The van der Waals surface area contributed by atoms with E-state index in [1.807, 2.05) is 0 Å². The van der Waals surface area contributed by atoms with Crippen LogP contribution in [-0.4, -0.2) is 51.9 Å². The number of H-pyrrole nitrogens is 1. The van der Waals surface area contributed by atoms with Crippen molar-refractivity contribution in [1.82, 2.24) is 9.55 Å². The predicted octanol–water partition coefficient (Wildman–Crippen LogP) is 1.12. The number of aromatic amines is 1. The number of rotatable bonds is 7. The zero-order valence-electron chi connectivity index (χ0n) is 15.9. The van der Waals surface area contributed by atoms with E-state index in [0.29, 0.717) is 5.56 Å². The summed E-state index contributed by atoms with van der Waals surface area (Å²) in [6.45, 7) is 2.82. The van der Waals surface area contributed by atoms with E-state index in [2.05, 4.69) is 15.0 Å². The fraction of sp³-hybridized carbons (Fsp3) is 0.733. The van der Waals surface area contributed by atoms with Gasteiger partial charge in [-0.3, -0.25) is 18.9 Å². The van der Waals surface area contributed by atoms with Gasteiger partial charge < -0.3 is 23.6 Å². The number of fused-ring (bicyclic) bond motifs is 1. The SMILES string of the molecule is CCOP(=O)(O)[C@@]1(CCN=[N+]=[N-])OC[C@H]2O[C@@H](n3cc(C)c(=O)[nH]c3=O)C[C@H]2O1. The van der Waals surface area contributed by atoms with Gasteiger partial charge in [0.15, 0.2) is 0 Å². The molecule has 0 saturated carbocycles. The molecule has 14 heteroatoms. The Morgan fingerprint density at radius 1 is 1.52 bits per heavy atom. The van der Waals surface area contributed by atoms with Gasteiger partial charge in [0.05, 0.1) is 19.3 Å². The lowest BCUT2D eigenvalue weighted by atomic mass is 10.1. The van der Waals surface area contributed by atoms with Crippen molar-refractivity contribution in [2.45, 2.75) is 50.7 Å². The van der Waals surface area contributed by atoms with Crippen LogP contribution in [0.5, 0.6) is 0 Å². The minimum Gasteiger partial charge on any atom is -0.349 e. The second-order valence-corrected chi connectivity index (χ2v) is 8.65. The smallest absolute Gasteiger partial charge is 0.349 e. The van der Waals surface area contributed by atoms with Gasteiger partial charge in [-0.15, -0.1) is 0 Å². The minimum atomic E-state index is -4.40. The molecule has 2 aliphatic heterocycles. The monoisotopic (exact) mass is 431 g/mol. The quantitative estimate of drug-likeness (QED) is 0.279. The molecule has 160 valence electrons. The number of hydrogen-bond acceptors (Lipinski definition) is 8. The molecule has 0 spiro atoms. The van der Waals surface area contributed by atoms with Crippen molar-refractivity contribution in [2.75, 3.05) is 19.8 Å². The molecule has 0 radical (unpaired) electrons. The summed E-state index contributed by atoms with van der Waals surface area (Å²) in [4.78, 5) is 39.0. The molecule has 3 rings (SSSR count). The summed E-state index contributed by atoms with van der Waals surface area (Å²) in [5.41, 5.74) is 5.70. The van der Waals surface area contributed by atoms with Crippen molar-refractivity contribution >= 4 is 7.60 Å². The molecule has 1 aromatic rings. The maximum absolute atomic E-state index is 12.8. The minimum absolute atomic E-state index is 0.0525. The van der Waals surface area contributed by atoms with Crippen molar-refractivity contribution in [1.29, 1.82) is 0 Å². The average Bonchev–Trinajstić information content (AvgIpc) is 3.07. The Kier molecular flexibility index (Phi) is 6.30. The summed E-state index contributed by atoms with van der Waals surface area (Å²) in [7, 11) is -4.40. The van der Waals surface area contributed by atoms with Crippen LogP contribution in [0.2, 0.25) is 0 Å². The van der Waals surface area contributed by atoms with Gasteiger partial charge in [0, 0.05) is 36.1 Å². The highest BCUT2D eigenvalue weighted by molar-refractivity contribution is 7.54. The van der Waals surface area contributed by atoms with Crippen LogP contribution in [0.25, 0.3) is 10.4 Å². The molecule has 0 aromatic carbocycles. The van der Waals surface area contributed by atoms with Crippen LogP contribution in [0.4, 0.5) is 0 Å². The van der Waals surface area contributed by atoms with Gasteiger partial charge in [-0.2, -0.15) is 0 Å². The maximum atomic E-state index is 12.8. The van der Waals surface area contributed by atoms with Crippen LogP contribution in [0.15, 0.2) is 20.9 Å². The normalized spacial score (nSPS) is 30.9. The van der Waals surface area contributed by atoms with E-state index >= 15 is 0 Å². The summed E-state index contributed by atoms with van der Waals surface area (Å²) in [5.74, 6) is 0. The molecule has 1 unspecified atom stereocenters. The predicted molar refractivity (Wildman–Crippen MR) is 98.2 cm³/mol. The summed E-state index contributed by atoms with van der Waals surface area (Å²) in [6, 6.07) is 0. The Morgan fingerprint density at radius 2 is 2.28 bits per heavy atom. The third-order valence-corrected chi connectivity index (χ3v) is 6.70. The van der Waals surface area contributed by atoms with Gasteiger partial charge in [0.2, 0.25) is 0 Å². The molecular weight excluding hydrogens is 409 g/mol. The number of ether oxygens (including phenoxy) is 3. The van der Waals surface area contributed by atoms with Crippen LogP contribution in [0.1, 0.15) is 31.6 Å². The van der Waals surface area contributed by atoms with E-state index in [1.54, 1.807) is 13.8 Å². The van der Waals surface area contributed by atoms with Gasteiger partial charge >= 0.3 is 13.3 Å². The number of aromatic nitrogens is 2. The zero-order valence-corrected chi connectivity index (χ0v) is 16.8. The second-order valence-electron chi connectivity index (χ2n) is 6.67. The first-order valence-corrected chi connectivity index (χ1v) is 10.6. The van der Waals surface area contributed by atoms with Crippen LogP contribution >= 0.6 is 7.60 Å². The van der Waals surface area contributed by atoms with Gasteiger partial charge in [-0.1, -0.05) is 5.11 Å². The van der Waals surface area contributed by atoms with Crippen molar-refractivity contribution < 1.29 is 28.2 Å². The third-order valence-electron chi connectivity index (χ3n) is 4.77. The fourth-order valence-corrected chi connectivity index (χ4v) is 4.79. The molecule has 13 nitrogen and oxygen atoms in total. The van der Waals surface area contributed by atoms with Crippen molar-refractivity contribution in [2.24, 2.45) is 5.11 Å². The molecule has 0 aliphatic carbocycles. The van der Waals surface area contributed by atoms with Crippen LogP contribution in [0, 0.1) is 6.92 Å². The lowest BCUT2D eigenvalue weighted by molar-refractivity contribution is -0.277. The van der Waals surface area contributed by atoms with E-state index in [0.717, 1.165) is 0 Å². The Labute approximate surface area is 164 Å². The van der Waals surface area contributed by atoms with E-state index in [4.69, 9.17) is 24.3 Å². The summed E-state index contributed by atoms with van der Waals surface area (Å²) in [5, 5.41) is 3.38. The first kappa shape index (κ1) is 21.7. The Hall–Kier alpha value is -1.98. The standard InChI is InChI=1S/C15H22N5O8P/c1-3-26-29(23,24)15(4-5-17-19-16)25-8-11-10(28-15)6-12(27-11)20-7-9(2)13(21)18-14(20)22/h7,10-12H,3-6,8H2,1-2H3,(H,23,24)(H,18,21,22)/t10-,11-,12-,15+/m1/s1. The highest BCUT2D eigenvalue weighted by atomic mass is 31.2. The lowest BCUT2D eigenvalue weighted by Crippen LogP contribution is -2.50. The molecule has 2 fully saturated rings. The first-order valence-electron chi connectivity index (χ1n) is 9.00. The molecule has 5 atom stereocenters. The highest BCUT2D eigenvalue weighted by Crippen LogP contribution is 2.61. The number of azide groups is 1. The van der Waals surface area contributed by atoms with Crippen molar-refractivity contribution in [3.05, 3.63) is 43.0 Å². The zero-order chi connectivity index (χ0) is 21.2. The number of hydrogen-bond donors (Lipinski definition) is 2. The van der Waals surface area contributed by atoms with Crippen LogP contribution < -0.4 is 11.2 Å². The molecule has 2 N–H and O–H groups in total. The molecule has 1 aromatic heterocycles. The fourth-order valence-electron chi connectivity index (χ4n) is 3.36. The molecule has 0 bridgehead atoms. The van der Waals surface area contributed by atoms with E-state index in [9.17, 15) is 19.0 Å². The Balaban J connectivity index is 1.85. The van der Waals surface area contributed by atoms with E-state index < -0.39 is 42.8 Å². The number of nitrogens with zero attached hydrogens (tertiary/aromatic N) is 4. The lowest BCUT2D eigenvalue weighted by Gasteiger charge is -2.42. The van der Waals surface area contributed by atoms with Crippen molar-refractivity contribution in [3.63, 3.8) is 0 Å². The van der Waals surface area contributed by atoms with Gasteiger partial charge in [0.1, 0.15) is 12.3 Å². The summed E-state index contributed by atoms with van der Waals surface area (Å²) >= 11 is 0. The maximum Gasteiger partial charge on any atom is 0.387 e. The van der Waals surface area contributed by atoms with E-state index in [1.165, 1.54) is 10.8 Å². The number of aryl methyl sites for hydroxylation is 1. The summed E-state index contributed by atoms with van der Waals surface area (Å²) in [6.07, 6.45) is -0.677. The molecule has 29 heavy (non-hydrogen) atoms. The Bertz CT molecular complexity index is 972. The Morgan fingerprint density at radius 3 is 2.97 bits per heavy atom. The van der Waals surface area contributed by atoms with Gasteiger partial charge in [-0.25, -0.2) is 4.79 Å². The second kappa shape index (κ2) is 8.41. The first-order chi connectivity index (χ1) is 13.7. The molecule has 0 amide bonds. The third kappa shape index (κ3) is 4.17. The van der Waals surface area contributed by atoms with Crippen molar-refractivity contribution in [3.8, 4) is 0 Å². The highest BCUT2D eigenvalue weighted by Gasteiger charge is 2.58. The molecule has 3 heterocycles. The van der Waals surface area contributed by atoms with Crippen LogP contribution in [-0.2, 0) is 23.3 Å².